The Bertz CT molecular complexity index is 453. The van der Waals surface area contributed by atoms with Crippen LogP contribution >= 0.6 is 0 Å². The van der Waals surface area contributed by atoms with Gasteiger partial charge in [-0.1, -0.05) is 0 Å². The number of aromatic amines is 1. The predicted molar refractivity (Wildman–Crippen MR) is 62.8 cm³/mol. The van der Waals surface area contributed by atoms with Crippen LogP contribution in [0.25, 0.3) is 0 Å². The van der Waals surface area contributed by atoms with Gasteiger partial charge in [0.15, 0.2) is 5.79 Å². The molecule has 2 saturated heterocycles. The van der Waals surface area contributed by atoms with Gasteiger partial charge < -0.3 is 20.1 Å². The number of H-pyrrole nitrogens is 1. The molecule has 0 atom stereocenters. The van der Waals surface area contributed by atoms with Crippen LogP contribution in [0.15, 0.2) is 6.20 Å². The molecule has 2 aliphatic heterocycles. The molecule has 0 aromatic carbocycles. The van der Waals surface area contributed by atoms with Crippen molar-refractivity contribution in [2.45, 2.75) is 18.6 Å². The summed E-state index contributed by atoms with van der Waals surface area (Å²) in [6, 6.07) is 0. The van der Waals surface area contributed by atoms with Crippen LogP contribution in [0.1, 0.15) is 23.3 Å². The molecule has 0 unspecified atom stereocenters. The molecule has 0 saturated carbocycles. The number of carbonyl (C=O) groups is 1. The first-order valence-electron chi connectivity index (χ1n) is 6.06. The second-order valence-corrected chi connectivity index (χ2v) is 4.64. The fraction of sp³-hybridized carbons (Fsp3) is 0.636. The topological polar surface area (TPSA) is 93.5 Å². The summed E-state index contributed by atoms with van der Waals surface area (Å²) in [5.74, 6) is -0.758. The molecular weight excluding hydrogens is 236 g/mol. The molecule has 0 radical (unpaired) electrons. The zero-order chi connectivity index (χ0) is 12.6. The molecule has 2 fully saturated rings. The van der Waals surface area contributed by atoms with Crippen LogP contribution < -0.4 is 5.73 Å². The number of carbonyl (C=O) groups excluding carboxylic acids is 1. The lowest BCUT2D eigenvalue weighted by atomic mass is 10.0. The lowest BCUT2D eigenvalue weighted by Gasteiger charge is -2.38. The maximum atomic E-state index is 12.3. The summed E-state index contributed by atoms with van der Waals surface area (Å²) in [5.41, 5.74) is 6.40. The number of ether oxygens (including phenoxy) is 2. The van der Waals surface area contributed by atoms with Crippen LogP contribution in [0, 0.1) is 0 Å². The Kier molecular flexibility index (Phi) is 2.71. The Morgan fingerprint density at radius 1 is 1.50 bits per heavy atom. The standard InChI is InChI=1S/C11H16N4O3/c12-8-6-13-14-9(8)10(16)15-3-1-2-11(7-15)17-4-5-18-11/h6H,1-5,7,12H2,(H,13,14). The molecule has 3 N–H and O–H groups in total. The van der Waals surface area contributed by atoms with Gasteiger partial charge in [-0.25, -0.2) is 0 Å². The van der Waals surface area contributed by atoms with Gasteiger partial charge in [0.2, 0.25) is 0 Å². The van der Waals surface area contributed by atoms with E-state index in [1.54, 1.807) is 4.90 Å². The second-order valence-electron chi connectivity index (χ2n) is 4.64. The Morgan fingerprint density at radius 3 is 2.94 bits per heavy atom. The highest BCUT2D eigenvalue weighted by atomic mass is 16.7. The predicted octanol–water partition coefficient (Wildman–Crippen LogP) is -0.0290. The maximum absolute atomic E-state index is 12.3. The monoisotopic (exact) mass is 252 g/mol. The van der Waals surface area contributed by atoms with E-state index >= 15 is 0 Å². The van der Waals surface area contributed by atoms with Gasteiger partial charge in [0, 0.05) is 13.0 Å². The minimum atomic E-state index is -0.608. The van der Waals surface area contributed by atoms with Gasteiger partial charge in [-0.2, -0.15) is 5.10 Å². The normalized spacial score (nSPS) is 22.6. The average Bonchev–Trinajstić information content (AvgIpc) is 2.98. The van der Waals surface area contributed by atoms with Crippen LogP contribution in [-0.4, -0.2) is 53.1 Å². The molecule has 1 amide bonds. The van der Waals surface area contributed by atoms with Crippen LogP contribution in [0.5, 0.6) is 0 Å². The average molecular weight is 252 g/mol. The number of amides is 1. The van der Waals surface area contributed by atoms with Crippen molar-refractivity contribution < 1.29 is 14.3 Å². The third-order valence-corrected chi connectivity index (χ3v) is 3.40. The van der Waals surface area contributed by atoms with Gasteiger partial charge in [-0.05, 0) is 6.42 Å². The highest BCUT2D eigenvalue weighted by Crippen LogP contribution is 2.30. The summed E-state index contributed by atoms with van der Waals surface area (Å²) >= 11 is 0. The second kappa shape index (κ2) is 4.25. The summed E-state index contributed by atoms with van der Waals surface area (Å²) in [5, 5.41) is 6.40. The van der Waals surface area contributed by atoms with Crippen molar-refractivity contribution >= 4 is 11.6 Å². The Labute approximate surface area is 104 Å². The molecule has 1 aromatic heterocycles. The number of nitrogens with two attached hydrogens (primary N) is 1. The highest BCUT2D eigenvalue weighted by molar-refractivity contribution is 5.97. The Balaban J connectivity index is 1.76. The van der Waals surface area contributed by atoms with E-state index in [-0.39, 0.29) is 5.91 Å². The largest absolute Gasteiger partial charge is 0.396 e. The van der Waals surface area contributed by atoms with Gasteiger partial charge in [0.1, 0.15) is 5.69 Å². The molecule has 1 spiro atoms. The maximum Gasteiger partial charge on any atom is 0.274 e. The number of nitrogen functional groups attached to an aromatic ring is 1. The van der Waals surface area contributed by atoms with E-state index in [1.807, 2.05) is 0 Å². The lowest BCUT2D eigenvalue weighted by molar-refractivity contribution is -0.183. The van der Waals surface area contributed by atoms with E-state index in [4.69, 9.17) is 15.2 Å². The molecule has 7 heteroatoms. The summed E-state index contributed by atoms with van der Waals surface area (Å²) < 4.78 is 11.3. The summed E-state index contributed by atoms with van der Waals surface area (Å²) in [6.45, 7) is 2.32. The van der Waals surface area contributed by atoms with Crippen molar-refractivity contribution in [3.05, 3.63) is 11.9 Å². The van der Waals surface area contributed by atoms with Gasteiger partial charge in [-0.15, -0.1) is 0 Å². The summed E-state index contributed by atoms with van der Waals surface area (Å²) in [4.78, 5) is 14.0. The fourth-order valence-electron chi connectivity index (χ4n) is 2.52. The minimum absolute atomic E-state index is 0.150. The SMILES string of the molecule is Nc1cn[nH]c1C(=O)N1CCCC2(C1)OCCO2. The van der Waals surface area contributed by atoms with Crippen molar-refractivity contribution in [3.63, 3.8) is 0 Å². The number of likely N-dealkylation sites (tertiary alicyclic amines) is 1. The quantitative estimate of drug-likeness (QED) is 0.732. The lowest BCUT2D eigenvalue weighted by Crippen LogP contribution is -2.51. The molecule has 0 bridgehead atoms. The minimum Gasteiger partial charge on any atom is -0.396 e. The smallest absolute Gasteiger partial charge is 0.274 e. The van der Waals surface area contributed by atoms with E-state index in [9.17, 15) is 4.79 Å². The van der Waals surface area contributed by atoms with Crippen LogP contribution in [0.3, 0.4) is 0 Å². The molecular formula is C11H16N4O3. The van der Waals surface area contributed by atoms with Gasteiger partial charge in [0.25, 0.3) is 5.91 Å². The number of hydrogen-bond acceptors (Lipinski definition) is 5. The Hall–Kier alpha value is -1.60. The number of hydrogen-bond donors (Lipinski definition) is 2. The first-order valence-corrected chi connectivity index (χ1v) is 6.06. The van der Waals surface area contributed by atoms with Gasteiger partial charge in [0.05, 0.1) is 31.6 Å². The molecule has 3 rings (SSSR count). The van der Waals surface area contributed by atoms with Gasteiger partial charge in [-0.3, -0.25) is 9.89 Å². The van der Waals surface area contributed by atoms with Crippen molar-refractivity contribution in [3.8, 4) is 0 Å². The number of rotatable bonds is 1. The Morgan fingerprint density at radius 2 is 2.28 bits per heavy atom. The number of piperidine rings is 1. The highest BCUT2D eigenvalue weighted by Gasteiger charge is 2.42. The molecule has 1 aromatic rings. The third kappa shape index (κ3) is 1.85. The van der Waals surface area contributed by atoms with Crippen molar-refractivity contribution in [2.75, 3.05) is 32.0 Å². The van der Waals surface area contributed by atoms with E-state index in [0.717, 1.165) is 12.8 Å². The number of anilines is 1. The molecule has 0 aliphatic carbocycles. The first-order chi connectivity index (χ1) is 8.70. The number of nitrogens with one attached hydrogen (secondary N) is 1. The molecule has 3 heterocycles. The zero-order valence-electron chi connectivity index (χ0n) is 10.0. The first kappa shape index (κ1) is 11.5. The van der Waals surface area contributed by atoms with Crippen LogP contribution in [0.2, 0.25) is 0 Å². The molecule has 7 nitrogen and oxygen atoms in total. The van der Waals surface area contributed by atoms with E-state index < -0.39 is 5.79 Å². The summed E-state index contributed by atoms with van der Waals surface area (Å²) in [7, 11) is 0. The summed E-state index contributed by atoms with van der Waals surface area (Å²) in [6.07, 6.45) is 3.13. The van der Waals surface area contributed by atoms with Crippen molar-refractivity contribution in [1.82, 2.24) is 15.1 Å². The number of nitrogens with zero attached hydrogens (tertiary/aromatic N) is 2. The molecule has 18 heavy (non-hydrogen) atoms. The molecule has 2 aliphatic rings. The van der Waals surface area contributed by atoms with E-state index in [0.29, 0.717) is 37.7 Å². The van der Waals surface area contributed by atoms with Crippen molar-refractivity contribution in [2.24, 2.45) is 0 Å². The van der Waals surface area contributed by atoms with Crippen LogP contribution in [-0.2, 0) is 9.47 Å². The molecule has 98 valence electrons. The van der Waals surface area contributed by atoms with Gasteiger partial charge >= 0.3 is 0 Å². The van der Waals surface area contributed by atoms with E-state index in [2.05, 4.69) is 10.2 Å². The fourth-order valence-corrected chi connectivity index (χ4v) is 2.52. The third-order valence-electron chi connectivity index (χ3n) is 3.40. The van der Waals surface area contributed by atoms with Crippen LogP contribution in [0.4, 0.5) is 5.69 Å². The van der Waals surface area contributed by atoms with Crippen molar-refractivity contribution in [1.29, 1.82) is 0 Å². The number of aromatic nitrogens is 2. The van der Waals surface area contributed by atoms with E-state index in [1.165, 1.54) is 6.20 Å². The zero-order valence-corrected chi connectivity index (χ0v) is 10.0.